The van der Waals surface area contributed by atoms with E-state index in [0.29, 0.717) is 40.3 Å². The molecule has 0 saturated carbocycles. The van der Waals surface area contributed by atoms with Gasteiger partial charge in [0.15, 0.2) is 0 Å². The number of aromatic nitrogens is 1. The number of hydrogen-bond acceptors (Lipinski definition) is 4. The number of benzene rings is 1. The van der Waals surface area contributed by atoms with E-state index in [0.717, 1.165) is 6.42 Å². The quantitative estimate of drug-likeness (QED) is 0.920. The smallest absolute Gasteiger partial charge is 0.255 e. The van der Waals surface area contributed by atoms with E-state index < -0.39 is 0 Å². The molecule has 1 fully saturated rings. The second kappa shape index (κ2) is 6.74. The summed E-state index contributed by atoms with van der Waals surface area (Å²) in [6.07, 6.45) is 2.31. The van der Waals surface area contributed by atoms with Crippen LogP contribution in [0.25, 0.3) is 0 Å². The highest BCUT2D eigenvalue weighted by Gasteiger charge is 2.24. The number of nitrogens with zero attached hydrogens (tertiary/aromatic N) is 2. The van der Waals surface area contributed by atoms with E-state index in [1.165, 1.54) is 6.20 Å². The monoisotopic (exact) mass is 351 g/mol. The summed E-state index contributed by atoms with van der Waals surface area (Å²) >= 11 is 12.0. The number of ether oxygens (including phenoxy) is 1. The molecule has 2 aromatic rings. The predicted molar refractivity (Wildman–Crippen MR) is 89.3 cm³/mol. The lowest BCUT2D eigenvalue weighted by Gasteiger charge is -2.15. The predicted octanol–water partition coefficient (Wildman–Crippen LogP) is 3.35. The topological polar surface area (TPSA) is 68.5 Å². The lowest BCUT2D eigenvalue weighted by molar-refractivity contribution is 0.0790. The molecule has 1 aliphatic rings. The Morgan fingerprint density at radius 2 is 2.13 bits per heavy atom. The van der Waals surface area contributed by atoms with Crippen molar-refractivity contribution < 1.29 is 9.53 Å². The second-order valence-electron chi connectivity index (χ2n) is 5.34. The fraction of sp³-hybridized carbons (Fsp3) is 0.250. The fourth-order valence-electron chi connectivity index (χ4n) is 2.40. The molecule has 0 spiro atoms. The minimum absolute atomic E-state index is 0.0551. The van der Waals surface area contributed by atoms with Crippen LogP contribution < -0.4 is 10.5 Å². The molecule has 120 valence electrons. The number of pyridine rings is 1. The molecule has 5 nitrogen and oxygen atoms in total. The van der Waals surface area contributed by atoms with E-state index in [4.69, 9.17) is 33.7 Å². The second-order valence-corrected chi connectivity index (χ2v) is 6.12. The molecule has 0 bridgehead atoms. The number of nitrogens with two attached hydrogens (primary N) is 1. The molecule has 0 radical (unpaired) electrons. The molecule has 2 heterocycles. The first-order valence-corrected chi connectivity index (χ1v) is 7.93. The Hall–Kier alpha value is -1.82. The van der Waals surface area contributed by atoms with Crippen molar-refractivity contribution in [1.29, 1.82) is 0 Å². The van der Waals surface area contributed by atoms with Crippen LogP contribution in [0.2, 0.25) is 10.0 Å². The van der Waals surface area contributed by atoms with Crippen molar-refractivity contribution >= 4 is 29.1 Å². The molecule has 1 amide bonds. The molecule has 1 atom stereocenters. The summed E-state index contributed by atoms with van der Waals surface area (Å²) in [5.41, 5.74) is 6.33. The third kappa shape index (κ3) is 3.58. The van der Waals surface area contributed by atoms with E-state index in [1.807, 2.05) is 0 Å². The van der Waals surface area contributed by atoms with E-state index in [2.05, 4.69) is 4.98 Å². The largest absolute Gasteiger partial charge is 0.437 e. The zero-order valence-corrected chi connectivity index (χ0v) is 13.7. The Bertz CT molecular complexity index is 722. The minimum Gasteiger partial charge on any atom is -0.437 e. The molecule has 1 aliphatic heterocycles. The number of likely N-dealkylation sites (tertiary alicyclic amines) is 1. The molecular weight excluding hydrogens is 337 g/mol. The number of carbonyl (C=O) groups is 1. The average molecular weight is 352 g/mol. The zero-order valence-electron chi connectivity index (χ0n) is 12.2. The standard InChI is InChI=1S/C16H15Cl2N3O2/c17-12-2-1-3-13(15(12)18)23-14-5-4-10(8-20-14)16(22)21-7-6-11(19)9-21/h1-5,8,11H,6-7,9,19H2/t11-/m0/s1. The molecule has 2 N–H and O–H groups in total. The maximum atomic E-state index is 12.3. The van der Waals surface area contributed by atoms with E-state index in [9.17, 15) is 4.79 Å². The van der Waals surface area contributed by atoms with Gasteiger partial charge < -0.3 is 15.4 Å². The van der Waals surface area contributed by atoms with Crippen LogP contribution in [0.5, 0.6) is 11.6 Å². The van der Waals surface area contributed by atoms with Crippen molar-refractivity contribution in [3.63, 3.8) is 0 Å². The van der Waals surface area contributed by atoms with Crippen LogP contribution in [-0.2, 0) is 0 Å². The SMILES string of the molecule is N[C@H]1CCN(C(=O)c2ccc(Oc3cccc(Cl)c3Cl)nc2)C1. The lowest BCUT2D eigenvalue weighted by atomic mass is 10.2. The number of rotatable bonds is 3. The minimum atomic E-state index is -0.0715. The summed E-state index contributed by atoms with van der Waals surface area (Å²) in [5, 5.41) is 0.725. The average Bonchev–Trinajstić information content (AvgIpc) is 2.98. The summed E-state index contributed by atoms with van der Waals surface area (Å²) < 4.78 is 5.59. The van der Waals surface area contributed by atoms with Crippen LogP contribution >= 0.6 is 23.2 Å². The van der Waals surface area contributed by atoms with Crippen LogP contribution in [0.1, 0.15) is 16.8 Å². The molecule has 1 aromatic carbocycles. The van der Waals surface area contributed by atoms with Gasteiger partial charge in [-0.15, -0.1) is 0 Å². The molecule has 3 rings (SSSR count). The first-order chi connectivity index (χ1) is 11.0. The van der Waals surface area contributed by atoms with Gasteiger partial charge in [0.1, 0.15) is 10.8 Å². The van der Waals surface area contributed by atoms with E-state index in [1.54, 1.807) is 35.2 Å². The van der Waals surface area contributed by atoms with Gasteiger partial charge in [0, 0.05) is 31.4 Å². The lowest BCUT2D eigenvalue weighted by Crippen LogP contribution is -2.31. The van der Waals surface area contributed by atoms with Crippen LogP contribution in [-0.4, -0.2) is 34.9 Å². The van der Waals surface area contributed by atoms with Crippen molar-refractivity contribution in [3.8, 4) is 11.6 Å². The summed E-state index contributed by atoms with van der Waals surface area (Å²) in [7, 11) is 0. The maximum absolute atomic E-state index is 12.3. The molecule has 0 unspecified atom stereocenters. The highest BCUT2D eigenvalue weighted by molar-refractivity contribution is 6.42. The van der Waals surface area contributed by atoms with Gasteiger partial charge in [-0.1, -0.05) is 29.3 Å². The third-order valence-corrected chi connectivity index (χ3v) is 4.43. The van der Waals surface area contributed by atoms with Gasteiger partial charge in [-0.2, -0.15) is 0 Å². The first kappa shape index (κ1) is 16.1. The molecule has 1 aromatic heterocycles. The summed E-state index contributed by atoms with van der Waals surface area (Å²) in [6.45, 7) is 1.26. The summed E-state index contributed by atoms with van der Waals surface area (Å²) in [4.78, 5) is 18.2. The van der Waals surface area contributed by atoms with Crippen molar-refractivity contribution in [2.75, 3.05) is 13.1 Å². The van der Waals surface area contributed by atoms with Crippen molar-refractivity contribution in [2.24, 2.45) is 5.73 Å². The Morgan fingerprint density at radius 3 is 2.78 bits per heavy atom. The Labute approximate surface area is 144 Å². The normalized spacial score (nSPS) is 17.3. The van der Waals surface area contributed by atoms with Crippen LogP contribution in [0.3, 0.4) is 0 Å². The van der Waals surface area contributed by atoms with Crippen LogP contribution in [0.15, 0.2) is 36.5 Å². The maximum Gasteiger partial charge on any atom is 0.255 e. The van der Waals surface area contributed by atoms with Gasteiger partial charge in [-0.05, 0) is 24.6 Å². The van der Waals surface area contributed by atoms with Crippen molar-refractivity contribution in [2.45, 2.75) is 12.5 Å². The Kier molecular flexibility index (Phi) is 4.71. The van der Waals surface area contributed by atoms with E-state index in [-0.39, 0.29) is 11.9 Å². The molecule has 7 heteroatoms. The number of amides is 1. The van der Waals surface area contributed by atoms with Gasteiger partial charge in [-0.25, -0.2) is 4.98 Å². The fourth-order valence-corrected chi connectivity index (χ4v) is 2.73. The van der Waals surface area contributed by atoms with Gasteiger partial charge in [-0.3, -0.25) is 4.79 Å². The van der Waals surface area contributed by atoms with Gasteiger partial charge in [0.2, 0.25) is 5.88 Å². The molecular formula is C16H15Cl2N3O2. The number of halogens is 2. The zero-order chi connectivity index (χ0) is 16.4. The van der Waals surface area contributed by atoms with Gasteiger partial charge in [0.25, 0.3) is 5.91 Å². The molecule has 0 aliphatic carbocycles. The highest BCUT2D eigenvalue weighted by atomic mass is 35.5. The first-order valence-electron chi connectivity index (χ1n) is 7.17. The number of carbonyl (C=O) groups excluding carboxylic acids is 1. The summed E-state index contributed by atoms with van der Waals surface area (Å²) in [5.74, 6) is 0.679. The van der Waals surface area contributed by atoms with Crippen LogP contribution in [0, 0.1) is 0 Å². The van der Waals surface area contributed by atoms with Crippen LogP contribution in [0.4, 0.5) is 0 Å². The third-order valence-electron chi connectivity index (χ3n) is 3.63. The Balaban J connectivity index is 1.72. The van der Waals surface area contributed by atoms with E-state index >= 15 is 0 Å². The Morgan fingerprint density at radius 1 is 1.30 bits per heavy atom. The van der Waals surface area contributed by atoms with Crippen molar-refractivity contribution in [3.05, 3.63) is 52.1 Å². The highest BCUT2D eigenvalue weighted by Crippen LogP contribution is 2.34. The summed E-state index contributed by atoms with van der Waals surface area (Å²) in [6, 6.07) is 8.46. The van der Waals surface area contributed by atoms with Gasteiger partial charge >= 0.3 is 0 Å². The molecule has 1 saturated heterocycles. The van der Waals surface area contributed by atoms with Gasteiger partial charge in [0.05, 0.1) is 10.6 Å². The number of hydrogen-bond donors (Lipinski definition) is 1. The van der Waals surface area contributed by atoms with Crippen molar-refractivity contribution in [1.82, 2.24) is 9.88 Å². The molecule has 23 heavy (non-hydrogen) atoms.